The number of nitrogens with zero attached hydrogens (tertiary/aromatic N) is 2. The van der Waals surface area contributed by atoms with Crippen LogP contribution in [0, 0.1) is 11.6 Å². The fourth-order valence-electron chi connectivity index (χ4n) is 1.67. The maximum absolute atomic E-state index is 13.5. The second kappa shape index (κ2) is 4.12. The van der Waals surface area contributed by atoms with E-state index in [2.05, 4.69) is 4.99 Å². The van der Waals surface area contributed by atoms with E-state index >= 15 is 0 Å². The molecule has 1 unspecified atom stereocenters. The van der Waals surface area contributed by atoms with E-state index in [0.29, 0.717) is 0 Å². The van der Waals surface area contributed by atoms with Crippen molar-refractivity contribution in [1.82, 2.24) is 4.90 Å². The van der Waals surface area contributed by atoms with Gasteiger partial charge in [0.1, 0.15) is 11.6 Å². The van der Waals surface area contributed by atoms with Gasteiger partial charge in [0.15, 0.2) is 5.96 Å². The molecule has 0 fully saturated rings. The zero-order chi connectivity index (χ0) is 12.6. The summed E-state index contributed by atoms with van der Waals surface area (Å²) in [7, 11) is 1.50. The fraction of sp³-hybridized carbons (Fsp3) is 0.273. The number of amides is 1. The minimum atomic E-state index is -0.719. The van der Waals surface area contributed by atoms with Crippen LogP contribution in [0.25, 0.3) is 0 Å². The monoisotopic (exact) mass is 239 g/mol. The van der Waals surface area contributed by atoms with Gasteiger partial charge in [-0.2, -0.15) is 0 Å². The van der Waals surface area contributed by atoms with Crippen molar-refractivity contribution in [3.8, 4) is 0 Å². The highest BCUT2D eigenvalue weighted by Crippen LogP contribution is 2.27. The molecule has 0 spiro atoms. The first-order valence-electron chi connectivity index (χ1n) is 5.04. The predicted octanol–water partition coefficient (Wildman–Crippen LogP) is 1.18. The molecule has 2 N–H and O–H groups in total. The number of carbonyl (C=O) groups excluding carboxylic acids is 1. The molecular weight excluding hydrogens is 228 g/mol. The first kappa shape index (κ1) is 11.5. The quantitative estimate of drug-likeness (QED) is 0.800. The van der Waals surface area contributed by atoms with Crippen LogP contribution in [0.4, 0.5) is 8.78 Å². The first-order chi connectivity index (χ1) is 7.99. The minimum Gasteiger partial charge on any atom is -0.369 e. The number of rotatable bonds is 1. The molecule has 4 nitrogen and oxygen atoms in total. The van der Waals surface area contributed by atoms with E-state index in [-0.39, 0.29) is 23.9 Å². The van der Waals surface area contributed by atoms with Crippen LogP contribution in [0.15, 0.2) is 23.2 Å². The number of benzene rings is 1. The fourth-order valence-corrected chi connectivity index (χ4v) is 1.67. The molecule has 1 heterocycles. The van der Waals surface area contributed by atoms with Crippen LogP contribution in [-0.4, -0.2) is 23.8 Å². The molecular formula is C11H11F2N3O. The summed E-state index contributed by atoms with van der Waals surface area (Å²) < 4.78 is 26.3. The summed E-state index contributed by atoms with van der Waals surface area (Å²) in [5, 5.41) is 0. The molecule has 0 aliphatic carbocycles. The van der Waals surface area contributed by atoms with E-state index in [1.807, 2.05) is 0 Å². The second-order valence-corrected chi connectivity index (χ2v) is 3.83. The molecule has 6 heteroatoms. The molecule has 1 aliphatic heterocycles. The highest BCUT2D eigenvalue weighted by molar-refractivity contribution is 5.98. The Labute approximate surface area is 96.7 Å². The van der Waals surface area contributed by atoms with Crippen LogP contribution in [0.3, 0.4) is 0 Å². The highest BCUT2D eigenvalue weighted by atomic mass is 19.1. The molecule has 1 amide bonds. The van der Waals surface area contributed by atoms with E-state index in [1.165, 1.54) is 18.0 Å². The molecule has 0 saturated heterocycles. The molecule has 1 aromatic rings. The lowest BCUT2D eigenvalue weighted by molar-refractivity contribution is -0.127. The van der Waals surface area contributed by atoms with Crippen LogP contribution < -0.4 is 5.73 Å². The lowest BCUT2D eigenvalue weighted by Crippen LogP contribution is -2.42. The Hall–Kier alpha value is -1.98. The number of aliphatic imine (C=N–C) groups is 1. The summed E-state index contributed by atoms with van der Waals surface area (Å²) in [5.41, 5.74) is 5.71. The number of halogens is 2. The van der Waals surface area contributed by atoms with Crippen LogP contribution in [0.5, 0.6) is 0 Å². The maximum atomic E-state index is 13.5. The molecule has 1 aliphatic rings. The second-order valence-electron chi connectivity index (χ2n) is 3.83. The summed E-state index contributed by atoms with van der Waals surface area (Å²) >= 11 is 0. The van der Waals surface area contributed by atoms with Crippen molar-refractivity contribution >= 4 is 11.9 Å². The van der Waals surface area contributed by atoms with E-state index in [0.717, 1.165) is 12.1 Å². The van der Waals surface area contributed by atoms with Crippen molar-refractivity contribution in [3.63, 3.8) is 0 Å². The number of nitrogens with two attached hydrogens (primary N) is 1. The Morgan fingerprint density at radius 3 is 2.76 bits per heavy atom. The van der Waals surface area contributed by atoms with E-state index < -0.39 is 17.7 Å². The first-order valence-corrected chi connectivity index (χ1v) is 5.04. The van der Waals surface area contributed by atoms with Crippen LogP contribution in [0.2, 0.25) is 0 Å². The molecule has 1 atom stereocenters. The summed E-state index contributed by atoms with van der Waals surface area (Å²) in [5.74, 6) is -1.59. The normalized spacial score (nSPS) is 20.4. The molecule has 0 aromatic heterocycles. The van der Waals surface area contributed by atoms with E-state index in [4.69, 9.17) is 5.73 Å². The molecule has 0 bridgehead atoms. The minimum absolute atomic E-state index is 0.0275. The third-order valence-corrected chi connectivity index (χ3v) is 2.70. The summed E-state index contributed by atoms with van der Waals surface area (Å²) in [6.07, 6.45) is 0.0275. The molecule has 90 valence electrons. The lowest BCUT2D eigenvalue weighted by atomic mass is 10.0. The van der Waals surface area contributed by atoms with Gasteiger partial charge >= 0.3 is 0 Å². The van der Waals surface area contributed by atoms with Crippen LogP contribution >= 0.6 is 0 Å². The molecule has 0 radical (unpaired) electrons. The largest absolute Gasteiger partial charge is 0.369 e. The van der Waals surface area contributed by atoms with Gasteiger partial charge in [0.25, 0.3) is 0 Å². The van der Waals surface area contributed by atoms with Crippen molar-refractivity contribution < 1.29 is 13.6 Å². The van der Waals surface area contributed by atoms with Gasteiger partial charge in [-0.25, -0.2) is 13.8 Å². The third-order valence-electron chi connectivity index (χ3n) is 2.70. The smallest absolute Gasteiger partial charge is 0.231 e. The molecule has 0 saturated carbocycles. The van der Waals surface area contributed by atoms with Gasteiger partial charge in [0.05, 0.1) is 12.5 Å². The van der Waals surface area contributed by atoms with Crippen LogP contribution in [-0.2, 0) is 4.79 Å². The predicted molar refractivity (Wildman–Crippen MR) is 58.1 cm³/mol. The summed E-state index contributed by atoms with van der Waals surface area (Å²) in [6.45, 7) is 0. The van der Waals surface area contributed by atoms with Crippen molar-refractivity contribution in [2.45, 2.75) is 12.5 Å². The SMILES string of the molecule is CN1C(=O)CC(c2ccc(F)cc2F)N=C1N. The Bertz CT molecular complexity index is 501. The Kier molecular flexibility index (Phi) is 2.79. The standard InChI is InChI=1S/C11H11F2N3O/c1-16-10(17)5-9(15-11(16)14)7-3-2-6(12)4-8(7)13/h2-4,9H,5H2,1H3,(H2,14,15). The Morgan fingerprint density at radius 2 is 2.18 bits per heavy atom. The van der Waals surface area contributed by atoms with Crippen molar-refractivity contribution in [3.05, 3.63) is 35.4 Å². The van der Waals surface area contributed by atoms with E-state index in [9.17, 15) is 13.6 Å². The molecule has 1 aromatic carbocycles. The van der Waals surface area contributed by atoms with Crippen molar-refractivity contribution in [1.29, 1.82) is 0 Å². The summed E-state index contributed by atoms with van der Waals surface area (Å²) in [6, 6.07) is 2.50. The molecule has 2 rings (SSSR count). The number of carbonyl (C=O) groups is 1. The number of hydrogen-bond donors (Lipinski definition) is 1. The average Bonchev–Trinajstić information content (AvgIpc) is 2.25. The van der Waals surface area contributed by atoms with Crippen molar-refractivity contribution in [2.24, 2.45) is 10.7 Å². The number of guanidine groups is 1. The van der Waals surface area contributed by atoms with Gasteiger partial charge in [-0.05, 0) is 6.07 Å². The Morgan fingerprint density at radius 1 is 1.47 bits per heavy atom. The third kappa shape index (κ3) is 2.11. The Balaban J connectivity index is 2.38. The van der Waals surface area contributed by atoms with Gasteiger partial charge in [-0.1, -0.05) is 6.07 Å². The average molecular weight is 239 g/mol. The van der Waals surface area contributed by atoms with Crippen LogP contribution in [0.1, 0.15) is 18.0 Å². The van der Waals surface area contributed by atoms with Gasteiger partial charge in [0, 0.05) is 18.7 Å². The zero-order valence-electron chi connectivity index (χ0n) is 9.15. The zero-order valence-corrected chi connectivity index (χ0v) is 9.15. The van der Waals surface area contributed by atoms with Gasteiger partial charge in [-0.3, -0.25) is 9.69 Å². The number of hydrogen-bond acceptors (Lipinski definition) is 3. The summed E-state index contributed by atoms with van der Waals surface area (Å²) in [4.78, 5) is 16.8. The van der Waals surface area contributed by atoms with Gasteiger partial charge < -0.3 is 5.73 Å². The lowest BCUT2D eigenvalue weighted by Gasteiger charge is -2.25. The highest BCUT2D eigenvalue weighted by Gasteiger charge is 2.27. The van der Waals surface area contributed by atoms with Gasteiger partial charge in [-0.15, -0.1) is 0 Å². The molecule has 17 heavy (non-hydrogen) atoms. The van der Waals surface area contributed by atoms with Crippen molar-refractivity contribution in [2.75, 3.05) is 7.05 Å². The van der Waals surface area contributed by atoms with E-state index in [1.54, 1.807) is 0 Å². The maximum Gasteiger partial charge on any atom is 0.231 e. The van der Waals surface area contributed by atoms with Gasteiger partial charge in [0.2, 0.25) is 5.91 Å². The topological polar surface area (TPSA) is 58.7 Å².